The number of halogens is 4. The fourth-order valence-corrected chi connectivity index (χ4v) is 2.36. The van der Waals surface area contributed by atoms with E-state index in [2.05, 4.69) is 5.32 Å². The first-order valence-corrected chi connectivity index (χ1v) is 5.98. The number of carbonyl (C=O) groups is 1. The lowest BCUT2D eigenvalue weighted by molar-refractivity contribution is -0.139. The highest BCUT2D eigenvalue weighted by Gasteiger charge is 2.32. The molecule has 0 spiro atoms. The summed E-state index contributed by atoms with van der Waals surface area (Å²) in [5.41, 5.74) is -0.0709. The lowest BCUT2D eigenvalue weighted by atomic mass is 9.95. The van der Waals surface area contributed by atoms with E-state index in [9.17, 15) is 18.0 Å². The molecular weight excluding hydrogens is 295 g/mol. The third-order valence-corrected chi connectivity index (χ3v) is 3.30. The smallest absolute Gasteiger partial charge is 0.416 e. The van der Waals surface area contributed by atoms with E-state index in [4.69, 9.17) is 5.11 Å². The molecule has 2 N–H and O–H groups in total. The van der Waals surface area contributed by atoms with E-state index in [0.717, 1.165) is 12.1 Å². The average Bonchev–Trinajstić information content (AvgIpc) is 2.77. The third kappa shape index (κ3) is 4.11. The van der Waals surface area contributed by atoms with Gasteiger partial charge in [0, 0.05) is 0 Å². The van der Waals surface area contributed by atoms with Crippen LogP contribution in [0.4, 0.5) is 13.2 Å². The Bertz CT molecular complexity index is 479. The van der Waals surface area contributed by atoms with E-state index in [0.29, 0.717) is 24.9 Å². The molecule has 0 unspecified atom stereocenters. The van der Waals surface area contributed by atoms with E-state index < -0.39 is 23.8 Å². The van der Waals surface area contributed by atoms with Gasteiger partial charge in [-0.1, -0.05) is 18.2 Å². The van der Waals surface area contributed by atoms with Crippen molar-refractivity contribution in [3.05, 3.63) is 35.4 Å². The summed E-state index contributed by atoms with van der Waals surface area (Å²) in [5.74, 6) is -0.851. The quantitative estimate of drug-likeness (QED) is 0.902. The number of nitrogens with one attached hydrogen (secondary N) is 1. The summed E-state index contributed by atoms with van der Waals surface area (Å²) in [6, 6.07) is 4.61. The van der Waals surface area contributed by atoms with Gasteiger partial charge in [0.05, 0.1) is 5.56 Å². The zero-order valence-electron chi connectivity index (χ0n) is 10.5. The van der Waals surface area contributed by atoms with Crippen molar-refractivity contribution in [2.75, 3.05) is 6.54 Å². The molecule has 7 heteroatoms. The van der Waals surface area contributed by atoms with Crippen LogP contribution in [0.1, 0.15) is 17.5 Å². The molecule has 0 saturated carbocycles. The van der Waals surface area contributed by atoms with Gasteiger partial charge < -0.3 is 10.4 Å². The van der Waals surface area contributed by atoms with Crippen LogP contribution in [0.2, 0.25) is 0 Å². The minimum absolute atomic E-state index is 0. The molecule has 3 nitrogen and oxygen atoms in total. The molecule has 2 atom stereocenters. The molecule has 0 amide bonds. The number of carboxylic acid groups (broad SMARTS) is 1. The first-order valence-electron chi connectivity index (χ1n) is 5.98. The van der Waals surface area contributed by atoms with Gasteiger partial charge in [-0.15, -0.1) is 12.4 Å². The number of alkyl halides is 3. The monoisotopic (exact) mass is 309 g/mol. The summed E-state index contributed by atoms with van der Waals surface area (Å²) in [5, 5.41) is 11.7. The van der Waals surface area contributed by atoms with Gasteiger partial charge in [0.1, 0.15) is 6.04 Å². The van der Waals surface area contributed by atoms with E-state index in [-0.39, 0.29) is 18.3 Å². The lowest BCUT2D eigenvalue weighted by Crippen LogP contribution is -2.29. The Labute approximate surface area is 120 Å². The van der Waals surface area contributed by atoms with Crippen LogP contribution in [0.25, 0.3) is 0 Å². The number of benzene rings is 1. The maximum atomic E-state index is 12.6. The van der Waals surface area contributed by atoms with Crippen molar-refractivity contribution in [3.63, 3.8) is 0 Å². The molecule has 1 saturated heterocycles. The minimum Gasteiger partial charge on any atom is -0.480 e. The second-order valence-corrected chi connectivity index (χ2v) is 4.80. The highest BCUT2D eigenvalue weighted by Crippen LogP contribution is 2.30. The Kier molecular flexibility index (Phi) is 5.42. The number of aliphatic carboxylic acids is 1. The molecule has 0 radical (unpaired) electrons. The molecule has 0 aromatic heterocycles. The molecule has 1 aliphatic rings. The summed E-state index contributed by atoms with van der Waals surface area (Å²) < 4.78 is 37.7. The van der Waals surface area contributed by atoms with E-state index >= 15 is 0 Å². The zero-order valence-corrected chi connectivity index (χ0v) is 11.3. The van der Waals surface area contributed by atoms with Gasteiger partial charge in [0.2, 0.25) is 0 Å². The second kappa shape index (κ2) is 6.45. The van der Waals surface area contributed by atoms with E-state index in [1.807, 2.05) is 0 Å². The van der Waals surface area contributed by atoms with Crippen LogP contribution in [0.15, 0.2) is 24.3 Å². The topological polar surface area (TPSA) is 49.3 Å². The van der Waals surface area contributed by atoms with Crippen LogP contribution in [-0.4, -0.2) is 23.7 Å². The number of hydrogen-bond donors (Lipinski definition) is 2. The molecule has 0 bridgehead atoms. The molecule has 0 aliphatic carbocycles. The zero-order chi connectivity index (χ0) is 14.0. The fourth-order valence-electron chi connectivity index (χ4n) is 2.36. The molecule has 1 aliphatic heterocycles. The van der Waals surface area contributed by atoms with Gasteiger partial charge in [0.25, 0.3) is 0 Å². The van der Waals surface area contributed by atoms with Crippen LogP contribution < -0.4 is 5.32 Å². The van der Waals surface area contributed by atoms with E-state index in [1.54, 1.807) is 6.07 Å². The molecule has 112 valence electrons. The van der Waals surface area contributed by atoms with Gasteiger partial charge >= 0.3 is 12.1 Å². The average molecular weight is 310 g/mol. The summed E-state index contributed by atoms with van der Waals surface area (Å²) in [6.45, 7) is 0.521. The largest absolute Gasteiger partial charge is 0.480 e. The van der Waals surface area contributed by atoms with Crippen molar-refractivity contribution >= 4 is 18.4 Å². The molecule has 20 heavy (non-hydrogen) atoms. The van der Waals surface area contributed by atoms with Gasteiger partial charge in [-0.3, -0.25) is 4.79 Å². The van der Waals surface area contributed by atoms with Gasteiger partial charge in [-0.05, 0) is 36.9 Å². The van der Waals surface area contributed by atoms with Crippen LogP contribution in [0, 0.1) is 5.92 Å². The summed E-state index contributed by atoms with van der Waals surface area (Å²) in [4.78, 5) is 10.8. The lowest BCUT2D eigenvalue weighted by Gasteiger charge is -2.11. The first kappa shape index (κ1) is 16.8. The highest BCUT2D eigenvalue weighted by atomic mass is 35.5. The Morgan fingerprint density at radius 3 is 2.65 bits per heavy atom. The Hall–Kier alpha value is -1.27. The molecule has 1 aromatic rings. The summed E-state index contributed by atoms with van der Waals surface area (Å²) >= 11 is 0. The molecular formula is C13H15ClF3NO2. The SMILES string of the molecule is Cl.O=C(O)[C@@H]1C[C@@H](Cc2cccc(C(F)(F)F)c2)CN1. The standard InChI is InChI=1S/C13H14F3NO2.ClH/c14-13(15,16)10-3-1-2-8(5-10)4-9-6-11(12(18)19)17-7-9;/h1-3,5,9,11,17H,4,6-7H2,(H,18,19);1H/t9-,11+;/m1./s1. The van der Waals surface area contributed by atoms with Crippen molar-refractivity contribution in [2.45, 2.75) is 25.1 Å². The fraction of sp³-hybridized carbons (Fsp3) is 0.462. The second-order valence-electron chi connectivity index (χ2n) is 4.80. The van der Waals surface area contributed by atoms with E-state index in [1.165, 1.54) is 6.07 Å². The Balaban J connectivity index is 0.00000200. The van der Waals surface area contributed by atoms with Crippen LogP contribution in [0.3, 0.4) is 0 Å². The van der Waals surface area contributed by atoms with Crippen molar-refractivity contribution in [2.24, 2.45) is 5.92 Å². The Morgan fingerprint density at radius 2 is 2.10 bits per heavy atom. The Morgan fingerprint density at radius 1 is 1.40 bits per heavy atom. The molecule has 1 aromatic carbocycles. The van der Waals surface area contributed by atoms with Gasteiger partial charge in [-0.25, -0.2) is 0 Å². The number of rotatable bonds is 3. The maximum Gasteiger partial charge on any atom is 0.416 e. The number of carboxylic acids is 1. The van der Waals surface area contributed by atoms with Crippen molar-refractivity contribution in [3.8, 4) is 0 Å². The van der Waals surface area contributed by atoms with Crippen LogP contribution in [-0.2, 0) is 17.4 Å². The predicted molar refractivity (Wildman–Crippen MR) is 69.9 cm³/mol. The van der Waals surface area contributed by atoms with Gasteiger partial charge in [-0.2, -0.15) is 13.2 Å². The molecule has 1 fully saturated rings. The van der Waals surface area contributed by atoms with Crippen molar-refractivity contribution < 1.29 is 23.1 Å². The molecule has 1 heterocycles. The highest BCUT2D eigenvalue weighted by molar-refractivity contribution is 5.85. The van der Waals surface area contributed by atoms with Crippen LogP contribution >= 0.6 is 12.4 Å². The van der Waals surface area contributed by atoms with Crippen molar-refractivity contribution in [1.82, 2.24) is 5.32 Å². The van der Waals surface area contributed by atoms with Crippen LogP contribution in [0.5, 0.6) is 0 Å². The summed E-state index contributed by atoms with van der Waals surface area (Å²) in [7, 11) is 0. The first-order chi connectivity index (χ1) is 8.86. The van der Waals surface area contributed by atoms with Crippen molar-refractivity contribution in [1.29, 1.82) is 0 Å². The van der Waals surface area contributed by atoms with Gasteiger partial charge in [0.15, 0.2) is 0 Å². The summed E-state index contributed by atoms with van der Waals surface area (Å²) in [6.07, 6.45) is -3.43. The minimum atomic E-state index is -4.34. The third-order valence-electron chi connectivity index (χ3n) is 3.30. The predicted octanol–water partition coefficient (Wildman–Crippen LogP) is 2.73. The maximum absolute atomic E-state index is 12.6. The normalized spacial score (nSPS) is 22.4. The molecule has 2 rings (SSSR count). The number of hydrogen-bond acceptors (Lipinski definition) is 2.